The molecule has 3 N–H and O–H groups in total. The molecule has 1 saturated heterocycles. The third kappa shape index (κ3) is 4.26. The van der Waals surface area contributed by atoms with Gasteiger partial charge in [-0.05, 0) is 56.0 Å². The molecular weight excluding hydrogens is 310 g/mol. The van der Waals surface area contributed by atoms with Crippen LogP contribution in [-0.2, 0) is 9.59 Å². The Morgan fingerprint density at radius 2 is 2.35 bits per heavy atom. The van der Waals surface area contributed by atoms with E-state index in [4.69, 9.17) is 0 Å². The molecule has 1 aromatic carbocycles. The molecule has 2 atom stereocenters. The normalized spacial score (nSPS) is 22.0. The number of amides is 2. The Labute approximate surface area is 141 Å². The van der Waals surface area contributed by atoms with Gasteiger partial charge in [-0.1, -0.05) is 6.92 Å². The molecule has 5 nitrogen and oxygen atoms in total. The third-order valence-corrected chi connectivity index (χ3v) is 5.62. The molecule has 2 aliphatic heterocycles. The van der Waals surface area contributed by atoms with Crippen LogP contribution in [0.1, 0.15) is 26.2 Å². The molecule has 2 heterocycles. The maximum Gasteiger partial charge on any atom is 0.234 e. The molecule has 0 radical (unpaired) electrons. The van der Waals surface area contributed by atoms with Gasteiger partial charge in [0.05, 0.1) is 11.4 Å². The van der Waals surface area contributed by atoms with Gasteiger partial charge in [0.1, 0.15) is 0 Å². The van der Waals surface area contributed by atoms with Crippen molar-refractivity contribution in [1.82, 2.24) is 5.32 Å². The van der Waals surface area contributed by atoms with Crippen LogP contribution < -0.4 is 16.0 Å². The standard InChI is InChI=1S/C17H23N3O2S/c1-11(12-3-2-6-18-9-12)7-16(21)19-13-4-5-15-14(8-13)20-17(22)10-23-15/h4-5,8,11-12,18H,2-3,6-7,9-10H2,1H3,(H,19,21)(H,20,22). The molecule has 3 rings (SSSR count). The Balaban J connectivity index is 1.57. The van der Waals surface area contributed by atoms with Crippen molar-refractivity contribution in [2.45, 2.75) is 31.1 Å². The highest BCUT2D eigenvalue weighted by Gasteiger charge is 2.22. The second-order valence-electron chi connectivity index (χ2n) is 6.38. The molecule has 0 saturated carbocycles. The van der Waals surface area contributed by atoms with E-state index < -0.39 is 0 Å². The van der Waals surface area contributed by atoms with Crippen molar-refractivity contribution in [2.24, 2.45) is 11.8 Å². The molecule has 0 aromatic heterocycles. The molecule has 124 valence electrons. The molecule has 6 heteroatoms. The Bertz CT molecular complexity index is 600. The van der Waals surface area contributed by atoms with Crippen LogP contribution in [0.2, 0.25) is 0 Å². The van der Waals surface area contributed by atoms with Gasteiger partial charge in [-0.25, -0.2) is 0 Å². The van der Waals surface area contributed by atoms with Crippen molar-refractivity contribution in [3.05, 3.63) is 18.2 Å². The highest BCUT2D eigenvalue weighted by Crippen LogP contribution is 2.33. The second-order valence-corrected chi connectivity index (χ2v) is 7.40. The van der Waals surface area contributed by atoms with Gasteiger partial charge >= 0.3 is 0 Å². The van der Waals surface area contributed by atoms with Crippen molar-refractivity contribution < 1.29 is 9.59 Å². The van der Waals surface area contributed by atoms with Crippen LogP contribution in [0.5, 0.6) is 0 Å². The van der Waals surface area contributed by atoms with E-state index in [1.165, 1.54) is 24.6 Å². The first-order valence-corrected chi connectivity index (χ1v) is 9.17. The summed E-state index contributed by atoms with van der Waals surface area (Å²) in [6, 6.07) is 5.68. The number of anilines is 2. The number of hydrogen-bond acceptors (Lipinski definition) is 4. The number of fused-ring (bicyclic) bond motifs is 1. The van der Waals surface area contributed by atoms with E-state index in [1.54, 1.807) is 0 Å². The summed E-state index contributed by atoms with van der Waals surface area (Å²) in [5.74, 6) is 1.44. The smallest absolute Gasteiger partial charge is 0.234 e. The molecule has 2 amide bonds. The number of rotatable bonds is 4. The van der Waals surface area contributed by atoms with Gasteiger partial charge < -0.3 is 16.0 Å². The molecule has 1 fully saturated rings. The Hall–Kier alpha value is -1.53. The number of benzene rings is 1. The maximum atomic E-state index is 12.3. The third-order valence-electron chi connectivity index (χ3n) is 4.54. The van der Waals surface area contributed by atoms with Gasteiger partial charge in [-0.2, -0.15) is 0 Å². The minimum absolute atomic E-state index is 0.00407. The molecule has 2 aliphatic rings. The quantitative estimate of drug-likeness (QED) is 0.792. The predicted octanol–water partition coefficient (Wildman–Crippen LogP) is 2.70. The summed E-state index contributed by atoms with van der Waals surface area (Å²) < 4.78 is 0. The lowest BCUT2D eigenvalue weighted by Crippen LogP contribution is -2.34. The lowest BCUT2D eigenvalue weighted by atomic mass is 9.85. The van der Waals surface area contributed by atoms with E-state index in [-0.39, 0.29) is 11.8 Å². The molecule has 2 unspecified atom stereocenters. The minimum Gasteiger partial charge on any atom is -0.326 e. The van der Waals surface area contributed by atoms with E-state index in [2.05, 4.69) is 22.9 Å². The summed E-state index contributed by atoms with van der Waals surface area (Å²) in [7, 11) is 0. The van der Waals surface area contributed by atoms with E-state index in [0.29, 0.717) is 24.0 Å². The topological polar surface area (TPSA) is 70.2 Å². The molecule has 23 heavy (non-hydrogen) atoms. The van der Waals surface area contributed by atoms with Crippen LogP contribution >= 0.6 is 11.8 Å². The van der Waals surface area contributed by atoms with Gasteiger partial charge in [0.25, 0.3) is 0 Å². The van der Waals surface area contributed by atoms with Crippen molar-refractivity contribution in [3.8, 4) is 0 Å². The van der Waals surface area contributed by atoms with Crippen LogP contribution in [0.3, 0.4) is 0 Å². The van der Waals surface area contributed by atoms with Gasteiger partial charge in [-0.3, -0.25) is 9.59 Å². The van der Waals surface area contributed by atoms with E-state index in [9.17, 15) is 9.59 Å². The van der Waals surface area contributed by atoms with Crippen molar-refractivity contribution >= 4 is 35.0 Å². The van der Waals surface area contributed by atoms with Crippen LogP contribution in [0.25, 0.3) is 0 Å². The summed E-state index contributed by atoms with van der Waals surface area (Å²) in [4.78, 5) is 24.8. The van der Waals surface area contributed by atoms with Crippen molar-refractivity contribution in [3.63, 3.8) is 0 Å². The number of carbonyl (C=O) groups is 2. The summed E-state index contributed by atoms with van der Waals surface area (Å²) in [6.07, 6.45) is 2.92. The zero-order valence-corrected chi connectivity index (χ0v) is 14.2. The SMILES string of the molecule is CC(CC(=O)Nc1ccc2c(c1)NC(=O)CS2)C1CCCNC1. The Morgan fingerprint density at radius 3 is 3.13 bits per heavy atom. The largest absolute Gasteiger partial charge is 0.326 e. The van der Waals surface area contributed by atoms with E-state index in [1.807, 2.05) is 18.2 Å². The number of thioether (sulfide) groups is 1. The highest BCUT2D eigenvalue weighted by atomic mass is 32.2. The number of carbonyl (C=O) groups excluding carboxylic acids is 2. The van der Waals surface area contributed by atoms with Crippen LogP contribution in [0.15, 0.2) is 23.1 Å². The fraction of sp³-hybridized carbons (Fsp3) is 0.529. The fourth-order valence-electron chi connectivity index (χ4n) is 3.20. The fourth-order valence-corrected chi connectivity index (χ4v) is 3.98. The van der Waals surface area contributed by atoms with Crippen LogP contribution in [0.4, 0.5) is 11.4 Å². The van der Waals surface area contributed by atoms with E-state index >= 15 is 0 Å². The zero-order chi connectivity index (χ0) is 16.2. The number of hydrogen-bond donors (Lipinski definition) is 3. The predicted molar refractivity (Wildman–Crippen MR) is 93.8 cm³/mol. The minimum atomic E-state index is 0.00407. The first kappa shape index (κ1) is 16.3. The summed E-state index contributed by atoms with van der Waals surface area (Å²) in [6.45, 7) is 4.26. The zero-order valence-electron chi connectivity index (χ0n) is 13.4. The van der Waals surface area contributed by atoms with Gasteiger partial charge in [0.15, 0.2) is 0 Å². The second kappa shape index (κ2) is 7.36. The van der Waals surface area contributed by atoms with Crippen LogP contribution in [-0.4, -0.2) is 30.7 Å². The van der Waals surface area contributed by atoms with Gasteiger partial charge in [0.2, 0.25) is 11.8 Å². The molecule has 1 aromatic rings. The number of nitrogens with one attached hydrogen (secondary N) is 3. The van der Waals surface area contributed by atoms with Gasteiger partial charge in [-0.15, -0.1) is 11.8 Å². The number of piperidine rings is 1. The van der Waals surface area contributed by atoms with E-state index in [0.717, 1.165) is 29.4 Å². The summed E-state index contributed by atoms with van der Waals surface area (Å²) in [5.41, 5.74) is 1.53. The lowest BCUT2D eigenvalue weighted by molar-refractivity contribution is -0.117. The average Bonchev–Trinajstić information content (AvgIpc) is 2.55. The first-order valence-electron chi connectivity index (χ1n) is 8.19. The molecule has 0 aliphatic carbocycles. The average molecular weight is 333 g/mol. The molecular formula is C17H23N3O2S. The lowest BCUT2D eigenvalue weighted by Gasteiger charge is -2.28. The highest BCUT2D eigenvalue weighted by molar-refractivity contribution is 8.00. The van der Waals surface area contributed by atoms with Crippen molar-refractivity contribution in [2.75, 3.05) is 29.5 Å². The first-order chi connectivity index (χ1) is 11.1. The monoisotopic (exact) mass is 333 g/mol. The summed E-state index contributed by atoms with van der Waals surface area (Å²) in [5, 5.41) is 9.21. The Morgan fingerprint density at radius 1 is 1.48 bits per heavy atom. The van der Waals surface area contributed by atoms with Crippen LogP contribution in [0, 0.1) is 11.8 Å². The molecule has 0 spiro atoms. The van der Waals surface area contributed by atoms with Crippen molar-refractivity contribution in [1.29, 1.82) is 0 Å². The maximum absolute atomic E-state index is 12.3. The Kier molecular flexibility index (Phi) is 5.23. The van der Waals surface area contributed by atoms with Gasteiger partial charge in [0, 0.05) is 17.0 Å². The molecule has 0 bridgehead atoms. The summed E-state index contributed by atoms with van der Waals surface area (Å²) >= 11 is 1.52.